The Balaban J connectivity index is 2.29. The summed E-state index contributed by atoms with van der Waals surface area (Å²) in [5.74, 6) is -1.25. The number of esters is 1. The van der Waals surface area contributed by atoms with Crippen LogP contribution < -0.4 is 15.2 Å². The first-order chi connectivity index (χ1) is 11.8. The molecule has 0 atom stereocenters. The highest BCUT2D eigenvalue weighted by atomic mass is 32.2. The van der Waals surface area contributed by atoms with E-state index in [0.717, 1.165) is 16.7 Å². The van der Waals surface area contributed by atoms with Crippen molar-refractivity contribution >= 4 is 40.9 Å². The van der Waals surface area contributed by atoms with Gasteiger partial charge >= 0.3 is 5.97 Å². The zero-order valence-corrected chi connectivity index (χ0v) is 14.4. The number of hydrogen-bond donors (Lipinski definition) is 1. The number of thioether (sulfide) groups is 1. The number of imide groups is 1. The lowest BCUT2D eigenvalue weighted by atomic mass is 10.2. The maximum absolute atomic E-state index is 12.2. The SMILES string of the molecule is CCOc1cc(/C=C2\SC(=O)N(CC(N)=O)C2=O)ccc1OC(C)=O. The van der Waals surface area contributed by atoms with Crippen LogP contribution in [0.3, 0.4) is 0 Å². The molecule has 132 valence electrons. The molecule has 1 heterocycles. The van der Waals surface area contributed by atoms with Crippen LogP contribution in [0, 0.1) is 0 Å². The highest BCUT2D eigenvalue weighted by Gasteiger charge is 2.35. The van der Waals surface area contributed by atoms with Crippen LogP contribution in [0.15, 0.2) is 23.1 Å². The molecule has 0 aliphatic carbocycles. The lowest BCUT2D eigenvalue weighted by Crippen LogP contribution is -2.36. The van der Waals surface area contributed by atoms with Gasteiger partial charge in [0.25, 0.3) is 11.1 Å². The average molecular weight is 364 g/mol. The van der Waals surface area contributed by atoms with Crippen LogP contribution in [0.2, 0.25) is 0 Å². The number of amides is 3. The van der Waals surface area contributed by atoms with E-state index < -0.39 is 29.6 Å². The Morgan fingerprint density at radius 1 is 1.28 bits per heavy atom. The lowest BCUT2D eigenvalue weighted by molar-refractivity contribution is -0.132. The number of primary amides is 1. The van der Waals surface area contributed by atoms with Gasteiger partial charge in [-0.25, -0.2) is 0 Å². The molecule has 9 heteroatoms. The summed E-state index contributed by atoms with van der Waals surface area (Å²) in [6.45, 7) is 2.95. The molecule has 1 aromatic carbocycles. The van der Waals surface area contributed by atoms with Crippen molar-refractivity contribution in [2.24, 2.45) is 5.73 Å². The van der Waals surface area contributed by atoms with E-state index in [4.69, 9.17) is 15.2 Å². The third-order valence-corrected chi connectivity index (χ3v) is 3.91. The van der Waals surface area contributed by atoms with Gasteiger partial charge in [0.2, 0.25) is 5.91 Å². The Morgan fingerprint density at radius 3 is 2.60 bits per heavy atom. The number of ether oxygens (including phenoxy) is 2. The van der Waals surface area contributed by atoms with Crippen molar-refractivity contribution in [2.75, 3.05) is 13.2 Å². The molecule has 0 spiro atoms. The van der Waals surface area contributed by atoms with Crippen molar-refractivity contribution in [1.82, 2.24) is 4.90 Å². The molecule has 1 fully saturated rings. The molecule has 2 N–H and O–H groups in total. The van der Waals surface area contributed by atoms with E-state index >= 15 is 0 Å². The Labute approximate surface area is 147 Å². The van der Waals surface area contributed by atoms with Gasteiger partial charge in [0.05, 0.1) is 11.5 Å². The largest absolute Gasteiger partial charge is 0.490 e. The van der Waals surface area contributed by atoms with Crippen LogP contribution in [0.1, 0.15) is 19.4 Å². The van der Waals surface area contributed by atoms with Crippen LogP contribution in [0.25, 0.3) is 6.08 Å². The molecule has 25 heavy (non-hydrogen) atoms. The van der Waals surface area contributed by atoms with Gasteiger partial charge < -0.3 is 15.2 Å². The second-order valence-electron chi connectivity index (χ2n) is 4.97. The summed E-state index contributed by atoms with van der Waals surface area (Å²) in [6.07, 6.45) is 1.49. The lowest BCUT2D eigenvalue weighted by Gasteiger charge is -2.10. The zero-order valence-electron chi connectivity index (χ0n) is 13.6. The fourth-order valence-electron chi connectivity index (χ4n) is 2.07. The molecule has 8 nitrogen and oxygen atoms in total. The first kappa shape index (κ1) is 18.5. The summed E-state index contributed by atoms with van der Waals surface area (Å²) < 4.78 is 10.5. The molecule has 0 bridgehead atoms. The molecule has 1 aliphatic rings. The quantitative estimate of drug-likeness (QED) is 0.462. The first-order valence-electron chi connectivity index (χ1n) is 7.30. The molecule has 0 aromatic heterocycles. The third kappa shape index (κ3) is 4.60. The van der Waals surface area contributed by atoms with Crippen molar-refractivity contribution in [3.8, 4) is 11.5 Å². The predicted octanol–water partition coefficient (Wildman–Crippen LogP) is 1.53. The minimum atomic E-state index is -0.770. The highest BCUT2D eigenvalue weighted by molar-refractivity contribution is 8.18. The molecular weight excluding hydrogens is 348 g/mol. The molecule has 1 aliphatic heterocycles. The molecule has 2 rings (SSSR count). The van der Waals surface area contributed by atoms with E-state index in [-0.39, 0.29) is 10.7 Å². The normalized spacial score (nSPS) is 15.6. The van der Waals surface area contributed by atoms with Crippen molar-refractivity contribution < 1.29 is 28.7 Å². The average Bonchev–Trinajstić information content (AvgIpc) is 2.77. The number of carbonyl (C=O) groups is 4. The highest BCUT2D eigenvalue weighted by Crippen LogP contribution is 2.34. The molecule has 1 saturated heterocycles. The van der Waals surface area contributed by atoms with Crippen LogP contribution in [0.4, 0.5) is 4.79 Å². The summed E-state index contributed by atoms with van der Waals surface area (Å²) >= 11 is 0.717. The second-order valence-corrected chi connectivity index (χ2v) is 5.96. The van der Waals surface area contributed by atoms with Gasteiger partial charge in [-0.1, -0.05) is 6.07 Å². The van der Waals surface area contributed by atoms with Gasteiger partial charge in [-0.3, -0.25) is 24.1 Å². The fraction of sp³-hybridized carbons (Fsp3) is 0.250. The Hall–Kier alpha value is -2.81. The van der Waals surface area contributed by atoms with E-state index in [1.807, 2.05) is 0 Å². The number of nitrogens with zero attached hydrogens (tertiary/aromatic N) is 1. The van der Waals surface area contributed by atoms with Gasteiger partial charge in [-0.05, 0) is 42.5 Å². The molecule has 0 radical (unpaired) electrons. The van der Waals surface area contributed by atoms with Crippen LogP contribution >= 0.6 is 11.8 Å². The summed E-state index contributed by atoms with van der Waals surface area (Å²) in [4.78, 5) is 47.0. The van der Waals surface area contributed by atoms with Crippen molar-refractivity contribution in [1.29, 1.82) is 0 Å². The summed E-state index contributed by atoms with van der Waals surface area (Å²) in [5, 5.41) is -0.559. The minimum Gasteiger partial charge on any atom is -0.490 e. The van der Waals surface area contributed by atoms with Crippen LogP contribution in [-0.2, 0) is 14.4 Å². The van der Waals surface area contributed by atoms with Crippen molar-refractivity contribution in [3.63, 3.8) is 0 Å². The number of hydrogen-bond acceptors (Lipinski definition) is 7. The molecule has 3 amide bonds. The Kier molecular flexibility index (Phi) is 5.81. The topological polar surface area (TPSA) is 116 Å². The van der Waals surface area contributed by atoms with Crippen molar-refractivity contribution in [3.05, 3.63) is 28.7 Å². The summed E-state index contributed by atoms with van der Waals surface area (Å²) in [6, 6.07) is 4.73. The van der Waals surface area contributed by atoms with Gasteiger partial charge in [0.15, 0.2) is 11.5 Å². The second kappa shape index (κ2) is 7.84. The van der Waals surface area contributed by atoms with Gasteiger partial charge in [-0.2, -0.15) is 0 Å². The smallest absolute Gasteiger partial charge is 0.308 e. The predicted molar refractivity (Wildman–Crippen MR) is 90.8 cm³/mol. The molecular formula is C16H16N2O6S. The monoisotopic (exact) mass is 364 g/mol. The van der Waals surface area contributed by atoms with Crippen LogP contribution in [0.5, 0.6) is 11.5 Å². The number of rotatable bonds is 6. The number of carbonyl (C=O) groups excluding carboxylic acids is 4. The van der Waals surface area contributed by atoms with Crippen molar-refractivity contribution in [2.45, 2.75) is 13.8 Å². The van der Waals surface area contributed by atoms with E-state index in [1.54, 1.807) is 19.1 Å². The molecule has 0 unspecified atom stereocenters. The van der Waals surface area contributed by atoms with Crippen LogP contribution in [-0.4, -0.2) is 41.1 Å². The number of benzene rings is 1. The molecule has 0 saturated carbocycles. The van der Waals surface area contributed by atoms with Gasteiger partial charge in [0, 0.05) is 6.92 Å². The maximum Gasteiger partial charge on any atom is 0.308 e. The van der Waals surface area contributed by atoms with Gasteiger partial charge in [0.1, 0.15) is 6.54 Å². The molecule has 1 aromatic rings. The minimum absolute atomic E-state index is 0.161. The summed E-state index contributed by atoms with van der Waals surface area (Å²) in [7, 11) is 0. The van der Waals surface area contributed by atoms with Gasteiger partial charge in [-0.15, -0.1) is 0 Å². The fourth-order valence-corrected chi connectivity index (χ4v) is 2.90. The Morgan fingerprint density at radius 2 is 2.00 bits per heavy atom. The van der Waals surface area contributed by atoms with E-state index in [9.17, 15) is 19.2 Å². The number of nitrogens with two attached hydrogens (primary N) is 1. The van der Waals surface area contributed by atoms with E-state index in [1.165, 1.54) is 19.1 Å². The third-order valence-electron chi connectivity index (χ3n) is 3.01. The Bertz CT molecular complexity index is 774. The first-order valence-corrected chi connectivity index (χ1v) is 8.12. The maximum atomic E-state index is 12.2. The zero-order chi connectivity index (χ0) is 18.6. The van der Waals surface area contributed by atoms with E-state index in [2.05, 4.69) is 0 Å². The standard InChI is InChI=1S/C16H16N2O6S/c1-3-23-12-6-10(4-5-11(12)24-9(2)19)7-13-15(21)18(8-14(17)20)16(22)25-13/h4-7H,3,8H2,1-2H3,(H2,17,20)/b13-7-. The summed E-state index contributed by atoms with van der Waals surface area (Å²) in [5.41, 5.74) is 5.61. The van der Waals surface area contributed by atoms with E-state index in [0.29, 0.717) is 17.9 Å².